The molecule has 0 aliphatic carbocycles. The number of benzene rings is 14. The molecule has 18 rings (SSSR count). The SMILES string of the molecule is F[B-](F)(F)F.F[B-](F)(F)F.F[B-](F)(F)F.[H-].[H-].[H-].[H-].[Ir+3].[Ir].c1ccc(P(c2ccccc2)c2ccccc2)cc1.c1ccc(P(c2ccccc2)c2ccccc2)cc1.c1ccc(P(c2ccccc2)c2ccccc2)cc1.c1ccc(P(c2ccccc2)c2ccccc2)cc1.c1ccccc1.c1ccccc1.c1ccncc1.c1ccncc1.c1ccncc1.c1ccncc1. The minimum atomic E-state index is -6.00. The van der Waals surface area contributed by atoms with E-state index >= 15 is 0 Å². The van der Waals surface area contributed by atoms with E-state index in [0.717, 1.165) is 0 Å². The molecule has 18 aromatic rings. The van der Waals surface area contributed by atoms with Gasteiger partial charge in [-0.1, -0.05) is 461 Å². The molecule has 0 N–H and O–H groups in total. The Morgan fingerprint density at radius 2 is 0.194 bits per heavy atom. The largest absolute Gasteiger partial charge is 3.00 e. The van der Waals surface area contributed by atoms with E-state index in [-0.39, 0.29) is 45.9 Å². The van der Waals surface area contributed by atoms with Crippen molar-refractivity contribution in [1.29, 1.82) is 0 Å². The van der Waals surface area contributed by atoms with E-state index in [1.165, 1.54) is 63.7 Å². The summed E-state index contributed by atoms with van der Waals surface area (Å²) in [6.45, 7) is 0. The molecule has 0 bridgehead atoms. The van der Waals surface area contributed by atoms with Crippen LogP contribution in [0.1, 0.15) is 5.71 Å². The second-order valence-corrected chi connectivity index (χ2v) is 34.1. The molecule has 129 heavy (non-hydrogen) atoms. The fourth-order valence-corrected chi connectivity index (χ4v) is 20.0. The zero-order valence-electron chi connectivity index (χ0n) is 73.6. The van der Waals surface area contributed by atoms with E-state index < -0.39 is 53.4 Å². The number of nitrogens with zero attached hydrogens (tertiary/aromatic N) is 4. The van der Waals surface area contributed by atoms with Crippen LogP contribution in [0.15, 0.2) is 559 Å². The molecule has 25 heteroatoms. The summed E-state index contributed by atoms with van der Waals surface area (Å²) >= 11 is 0. The van der Waals surface area contributed by atoms with Crippen LogP contribution < -0.4 is 63.7 Å². The molecule has 0 fully saturated rings. The molecule has 1 radical (unpaired) electrons. The fraction of sp³-hybridized carbons (Fsp3) is 0. The van der Waals surface area contributed by atoms with E-state index in [4.69, 9.17) is 0 Å². The van der Waals surface area contributed by atoms with Crippen LogP contribution in [0.25, 0.3) is 0 Å². The van der Waals surface area contributed by atoms with Gasteiger partial charge >= 0.3 is 41.9 Å². The third-order valence-electron chi connectivity index (χ3n) is 15.8. The molecular formula is C104H96B3F12Ir2N4P4-4. The molecule has 0 unspecified atom stereocenters. The average Bonchev–Trinajstić information content (AvgIpc) is 0.836. The third kappa shape index (κ3) is 53.5. The number of hydrogen-bond donors (Lipinski definition) is 0. The summed E-state index contributed by atoms with van der Waals surface area (Å²) in [5.74, 6) is 0. The predicted octanol–water partition coefficient (Wildman–Crippen LogP) is 25.8. The third-order valence-corrected chi connectivity index (χ3v) is 25.5. The topological polar surface area (TPSA) is 51.6 Å². The van der Waals surface area contributed by atoms with Gasteiger partial charge in [0.25, 0.3) is 0 Å². The summed E-state index contributed by atoms with van der Waals surface area (Å²) in [5, 5.41) is 16.8. The maximum absolute atomic E-state index is 9.75. The molecule has 0 atom stereocenters. The van der Waals surface area contributed by atoms with Gasteiger partial charge in [0.1, 0.15) is 0 Å². The van der Waals surface area contributed by atoms with E-state index in [2.05, 4.69) is 384 Å². The monoisotopic (exact) mass is 2170 g/mol. The van der Waals surface area contributed by atoms with Crippen LogP contribution in [0, 0.1) is 0 Å². The van der Waals surface area contributed by atoms with Crippen molar-refractivity contribution in [1.82, 2.24) is 19.9 Å². The molecule has 4 heterocycles. The van der Waals surface area contributed by atoms with Gasteiger partial charge in [-0.25, -0.2) is 0 Å². The van der Waals surface area contributed by atoms with Crippen LogP contribution in [0.5, 0.6) is 0 Å². The first-order chi connectivity index (χ1) is 61.8. The Morgan fingerprint density at radius 1 is 0.132 bits per heavy atom. The molecule has 0 aliphatic heterocycles. The quantitative estimate of drug-likeness (QED) is 0.0695. The van der Waals surface area contributed by atoms with Crippen molar-refractivity contribution in [2.24, 2.45) is 0 Å². The van der Waals surface area contributed by atoms with E-state index in [0.29, 0.717) is 0 Å². The van der Waals surface area contributed by atoms with Gasteiger partial charge in [0.2, 0.25) is 0 Å². The van der Waals surface area contributed by atoms with Gasteiger partial charge in [0, 0.05) is 69.7 Å². The maximum atomic E-state index is 9.75. The number of aromatic nitrogens is 4. The second-order valence-electron chi connectivity index (χ2n) is 25.3. The summed E-state index contributed by atoms with van der Waals surface area (Å²) < 4.78 is 117. The van der Waals surface area contributed by atoms with E-state index in [1.807, 2.05) is 146 Å². The van der Waals surface area contributed by atoms with Gasteiger partial charge in [-0.05, 0) is 144 Å². The van der Waals surface area contributed by atoms with Crippen molar-refractivity contribution >= 4 is 117 Å². The van der Waals surface area contributed by atoms with Crippen molar-refractivity contribution in [3.63, 3.8) is 0 Å². The number of pyridine rings is 4. The molecule has 0 aliphatic rings. The molecule has 4 aromatic heterocycles. The van der Waals surface area contributed by atoms with Crippen LogP contribution in [0.3, 0.4) is 0 Å². The minimum Gasteiger partial charge on any atom is -1.00 e. The smallest absolute Gasteiger partial charge is 1.00 e. The zero-order chi connectivity index (χ0) is 90.6. The number of rotatable bonds is 12. The summed E-state index contributed by atoms with van der Waals surface area (Å²) in [7, 11) is -19.8. The predicted molar refractivity (Wildman–Crippen MR) is 525 cm³/mol. The second kappa shape index (κ2) is 68.2. The van der Waals surface area contributed by atoms with Gasteiger partial charge in [0.05, 0.1) is 0 Å². The Morgan fingerprint density at radius 3 is 0.248 bits per heavy atom. The normalized spacial score (nSPS) is 9.86. The van der Waals surface area contributed by atoms with Gasteiger partial charge in [-0.3, -0.25) is 19.9 Å². The first-order valence-corrected chi connectivity index (χ1v) is 45.0. The Bertz CT molecular complexity index is 4240. The molecule has 14 aromatic carbocycles. The van der Waals surface area contributed by atoms with Crippen molar-refractivity contribution in [3.8, 4) is 0 Å². The van der Waals surface area contributed by atoms with Gasteiger partial charge in [-0.15, -0.1) is 0 Å². The van der Waals surface area contributed by atoms with Crippen molar-refractivity contribution < 1.29 is 97.7 Å². The first-order valence-electron chi connectivity index (χ1n) is 39.6. The Balaban J connectivity index is 0.00000147. The fourth-order valence-electron chi connectivity index (χ4n) is 10.7. The molecule has 0 spiro atoms. The molecule has 4 nitrogen and oxygen atoms in total. The molecule has 0 saturated heterocycles. The van der Waals surface area contributed by atoms with Gasteiger partial charge in [-0.2, -0.15) is 0 Å². The molecular weight excluding hydrogens is 2070 g/mol. The minimum absolute atomic E-state index is 0. The van der Waals surface area contributed by atoms with Gasteiger partial charge < -0.3 is 57.5 Å². The van der Waals surface area contributed by atoms with Crippen molar-refractivity contribution in [2.45, 2.75) is 0 Å². The van der Waals surface area contributed by atoms with Crippen molar-refractivity contribution in [3.05, 3.63) is 559 Å². The van der Waals surface area contributed by atoms with Crippen LogP contribution in [0.4, 0.5) is 51.8 Å². The van der Waals surface area contributed by atoms with Crippen molar-refractivity contribution in [2.75, 3.05) is 0 Å². The molecule has 667 valence electrons. The van der Waals surface area contributed by atoms with E-state index in [9.17, 15) is 51.8 Å². The number of hydrogen-bond acceptors (Lipinski definition) is 4. The Kier molecular flexibility index (Phi) is 57.9. The number of halogens is 12. The Hall–Kier alpha value is -11.9. The first kappa shape index (κ1) is 109. The zero-order valence-corrected chi connectivity index (χ0v) is 78.0. The summed E-state index contributed by atoms with van der Waals surface area (Å²) in [5.41, 5.74) is 0. The van der Waals surface area contributed by atoms with Gasteiger partial charge in [0.15, 0.2) is 0 Å². The van der Waals surface area contributed by atoms with Crippen LogP contribution >= 0.6 is 31.7 Å². The van der Waals surface area contributed by atoms with E-state index in [1.54, 1.807) is 49.6 Å². The maximum Gasteiger partial charge on any atom is 3.00 e. The van der Waals surface area contributed by atoms with Crippen LogP contribution in [-0.4, -0.2) is 41.7 Å². The van der Waals surface area contributed by atoms with Crippen LogP contribution in [-0.2, 0) is 40.2 Å². The van der Waals surface area contributed by atoms with Crippen LogP contribution in [0.2, 0.25) is 0 Å². The summed E-state index contributed by atoms with van der Waals surface area (Å²) in [4.78, 5) is 15.1. The summed E-state index contributed by atoms with van der Waals surface area (Å²) in [6, 6.07) is 176. The average molecular weight is 2170 g/mol. The standard InChI is InChI=1S/4C18H15P.2C6H6.4C5H5N.3BF4.2Ir.4H/c4*1-4-10-16(11-5-1)19(17-12-6-2-7-13-17)18-14-8-3-9-15-18;6*1-2-4-6-5-3-1;3*2-1(3,4)5;;;;;;/h4*1-15H;2*1-6H;4*1-5H;;;;;;;;;/q;;;;;;;;;;3*-1;;+3;4*-1. The summed E-state index contributed by atoms with van der Waals surface area (Å²) in [6.07, 6.45) is 14.0. The molecule has 0 amide bonds. The molecule has 0 saturated carbocycles. The Labute approximate surface area is 788 Å².